The predicted octanol–water partition coefficient (Wildman–Crippen LogP) is 5.90. The van der Waals surface area contributed by atoms with Crippen LogP contribution in [0.2, 0.25) is 0 Å². The van der Waals surface area contributed by atoms with Crippen molar-refractivity contribution < 1.29 is 4.39 Å². The van der Waals surface area contributed by atoms with Crippen LogP contribution in [0.25, 0.3) is 11.1 Å². The van der Waals surface area contributed by atoms with Gasteiger partial charge in [0.25, 0.3) is 0 Å². The van der Waals surface area contributed by atoms with E-state index in [1.807, 2.05) is 24.8 Å². The lowest BCUT2D eigenvalue weighted by Gasteiger charge is -2.36. The molecule has 1 saturated carbocycles. The number of aliphatic imine (C=N–C) groups is 2. The van der Waals surface area contributed by atoms with Gasteiger partial charge in [-0.25, -0.2) is 14.1 Å². The minimum atomic E-state index is -0.268. The zero-order valence-electron chi connectivity index (χ0n) is 22.0. The van der Waals surface area contributed by atoms with Crippen LogP contribution < -0.4 is 10.2 Å². The number of hydrogen-bond donors (Lipinski definition) is 1. The number of halogens is 1. The molecule has 0 bridgehead atoms. The Labute approximate surface area is 227 Å². The quantitative estimate of drug-likeness (QED) is 0.357. The van der Waals surface area contributed by atoms with Crippen LogP contribution in [0.3, 0.4) is 0 Å². The molecule has 1 fully saturated rings. The van der Waals surface area contributed by atoms with Crippen LogP contribution >= 0.6 is 0 Å². The number of guanidine groups is 1. The summed E-state index contributed by atoms with van der Waals surface area (Å²) >= 11 is 0. The Kier molecular flexibility index (Phi) is 5.68. The number of hydrogen-bond acceptors (Lipinski definition) is 5. The van der Waals surface area contributed by atoms with E-state index in [0.29, 0.717) is 12.6 Å². The topological polar surface area (TPSA) is 61.1 Å². The Bertz CT molecular complexity index is 1570. The van der Waals surface area contributed by atoms with E-state index < -0.39 is 0 Å². The third-order valence-electron chi connectivity index (χ3n) is 7.99. The Morgan fingerprint density at radius 3 is 2.44 bits per heavy atom. The monoisotopic (exact) mass is 519 g/mol. The maximum atomic E-state index is 13.7. The standard InChI is InChI=1S/C31H30FN7/c1-33-28-27-29(34-24-17-15-23(32)16-18-24)38(19-20-11-13-22(14-12-20)21-7-4-3-5-8-21)36-30(27)39-26-10-6-9-25(26)35-31(39)37(28)2/h3-5,7-8,11-18,25-26,34H,6,9-10,19H2,1-2H3. The minimum absolute atomic E-state index is 0.268. The van der Waals surface area contributed by atoms with Crippen LogP contribution in [-0.2, 0) is 6.54 Å². The van der Waals surface area contributed by atoms with E-state index >= 15 is 0 Å². The smallest absolute Gasteiger partial charge is 0.208 e. The van der Waals surface area contributed by atoms with Gasteiger partial charge in [0.2, 0.25) is 5.96 Å². The van der Waals surface area contributed by atoms with Crippen molar-refractivity contribution in [2.24, 2.45) is 9.98 Å². The van der Waals surface area contributed by atoms with Gasteiger partial charge in [-0.15, -0.1) is 0 Å². The molecule has 3 aromatic carbocycles. The minimum Gasteiger partial charge on any atom is -0.340 e. The predicted molar refractivity (Wildman–Crippen MR) is 154 cm³/mol. The summed E-state index contributed by atoms with van der Waals surface area (Å²) in [4.78, 5) is 14.2. The lowest BCUT2D eigenvalue weighted by atomic mass is 10.0. The van der Waals surface area contributed by atoms with Gasteiger partial charge in [0, 0.05) is 19.8 Å². The number of benzene rings is 3. The molecule has 1 aliphatic carbocycles. The van der Waals surface area contributed by atoms with Crippen LogP contribution in [0.4, 0.5) is 21.7 Å². The molecular formula is C31H30FN7. The van der Waals surface area contributed by atoms with Gasteiger partial charge >= 0.3 is 0 Å². The number of anilines is 3. The highest BCUT2D eigenvalue weighted by molar-refractivity contribution is 6.23. The van der Waals surface area contributed by atoms with Crippen molar-refractivity contribution in [3.63, 3.8) is 0 Å². The fraction of sp³-hybridized carbons (Fsp3) is 0.258. The summed E-state index contributed by atoms with van der Waals surface area (Å²) in [6, 6.07) is 26.0. The molecule has 3 aliphatic rings. The molecule has 8 heteroatoms. The Hall–Kier alpha value is -4.46. The summed E-state index contributed by atoms with van der Waals surface area (Å²) in [6.07, 6.45) is 3.37. The molecule has 196 valence electrons. The molecular weight excluding hydrogens is 489 g/mol. The highest BCUT2D eigenvalue weighted by atomic mass is 19.1. The van der Waals surface area contributed by atoms with Crippen LogP contribution in [-0.4, -0.2) is 52.7 Å². The van der Waals surface area contributed by atoms with Crippen molar-refractivity contribution in [1.82, 2.24) is 14.7 Å². The number of fused-ring (bicyclic) bond motifs is 5. The van der Waals surface area contributed by atoms with Gasteiger partial charge in [-0.2, -0.15) is 5.10 Å². The molecule has 3 heterocycles. The summed E-state index contributed by atoms with van der Waals surface area (Å²) in [6.45, 7) is 0.570. The van der Waals surface area contributed by atoms with Gasteiger partial charge in [-0.1, -0.05) is 54.6 Å². The summed E-state index contributed by atoms with van der Waals surface area (Å²) in [5.74, 6) is 3.18. The zero-order valence-corrected chi connectivity index (χ0v) is 22.0. The molecule has 7 nitrogen and oxygen atoms in total. The molecule has 0 saturated heterocycles. The summed E-state index contributed by atoms with van der Waals surface area (Å²) in [5.41, 5.74) is 5.23. The lowest BCUT2D eigenvalue weighted by Crippen LogP contribution is -2.51. The first-order valence-corrected chi connectivity index (χ1v) is 13.5. The molecule has 4 aromatic rings. The highest BCUT2D eigenvalue weighted by Gasteiger charge is 2.48. The maximum absolute atomic E-state index is 13.7. The summed E-state index contributed by atoms with van der Waals surface area (Å²) in [5, 5.41) is 8.74. The average Bonchev–Trinajstić information content (AvgIpc) is 3.66. The molecule has 2 unspecified atom stereocenters. The molecule has 1 N–H and O–H groups in total. The van der Waals surface area contributed by atoms with E-state index in [2.05, 4.69) is 68.6 Å². The van der Waals surface area contributed by atoms with Crippen LogP contribution in [0.5, 0.6) is 0 Å². The van der Waals surface area contributed by atoms with Gasteiger partial charge in [0.15, 0.2) is 5.82 Å². The Morgan fingerprint density at radius 1 is 0.949 bits per heavy atom. The second kappa shape index (κ2) is 9.38. The first-order valence-electron chi connectivity index (χ1n) is 13.5. The average molecular weight is 520 g/mol. The van der Waals surface area contributed by atoms with Gasteiger partial charge in [-0.3, -0.25) is 14.8 Å². The van der Waals surface area contributed by atoms with Crippen LogP contribution in [0, 0.1) is 5.82 Å². The maximum Gasteiger partial charge on any atom is 0.208 e. The van der Waals surface area contributed by atoms with E-state index in [0.717, 1.165) is 53.1 Å². The van der Waals surface area contributed by atoms with E-state index in [9.17, 15) is 4.39 Å². The molecule has 2 aliphatic heterocycles. The van der Waals surface area contributed by atoms with Crippen molar-refractivity contribution in [2.75, 3.05) is 24.3 Å². The van der Waals surface area contributed by atoms with Gasteiger partial charge < -0.3 is 5.32 Å². The highest BCUT2D eigenvalue weighted by Crippen LogP contribution is 2.43. The third kappa shape index (κ3) is 3.98. The second-order valence-electron chi connectivity index (χ2n) is 10.4. The van der Waals surface area contributed by atoms with Crippen molar-refractivity contribution in [2.45, 2.75) is 37.9 Å². The van der Waals surface area contributed by atoms with E-state index in [4.69, 9.17) is 10.1 Å². The second-order valence-corrected chi connectivity index (χ2v) is 10.4. The molecule has 0 radical (unpaired) electrons. The van der Waals surface area contributed by atoms with Gasteiger partial charge in [0.05, 0.1) is 18.6 Å². The van der Waals surface area contributed by atoms with Crippen LogP contribution in [0.1, 0.15) is 30.4 Å². The summed E-state index contributed by atoms with van der Waals surface area (Å²) in [7, 11) is 3.84. The third-order valence-corrected chi connectivity index (χ3v) is 7.99. The first-order chi connectivity index (χ1) is 19.1. The van der Waals surface area contributed by atoms with Crippen LogP contribution in [0.15, 0.2) is 88.8 Å². The SMILES string of the molecule is CN=C1c2c(nn(Cc3ccc(-c4ccccc4)cc3)c2Nc2ccc(F)cc2)N2C(=NC3CCCC32)N1C. The molecule has 2 atom stereocenters. The number of amidine groups is 1. The molecule has 0 amide bonds. The fourth-order valence-electron chi connectivity index (χ4n) is 6.10. The van der Waals surface area contributed by atoms with E-state index in [1.165, 1.54) is 29.7 Å². The number of aromatic nitrogens is 2. The van der Waals surface area contributed by atoms with Gasteiger partial charge in [-0.05, 0) is 60.2 Å². The lowest BCUT2D eigenvalue weighted by molar-refractivity contribution is 0.618. The molecule has 0 spiro atoms. The summed E-state index contributed by atoms with van der Waals surface area (Å²) < 4.78 is 15.7. The Morgan fingerprint density at radius 2 is 1.69 bits per heavy atom. The fourth-order valence-corrected chi connectivity index (χ4v) is 6.10. The first kappa shape index (κ1) is 23.6. The Balaban J connectivity index is 1.32. The van der Waals surface area contributed by atoms with Crippen molar-refractivity contribution in [3.05, 3.63) is 95.8 Å². The molecule has 1 aromatic heterocycles. The number of nitrogens with zero attached hydrogens (tertiary/aromatic N) is 6. The molecule has 7 rings (SSSR count). The van der Waals surface area contributed by atoms with E-state index in [-0.39, 0.29) is 11.9 Å². The number of rotatable bonds is 5. The molecule has 39 heavy (non-hydrogen) atoms. The van der Waals surface area contributed by atoms with E-state index in [1.54, 1.807) is 12.1 Å². The van der Waals surface area contributed by atoms with Gasteiger partial charge in [0.1, 0.15) is 23.0 Å². The van der Waals surface area contributed by atoms with Crippen molar-refractivity contribution >= 4 is 29.1 Å². The largest absolute Gasteiger partial charge is 0.340 e. The number of nitrogens with one attached hydrogen (secondary N) is 1. The zero-order chi connectivity index (χ0) is 26.5. The van der Waals surface area contributed by atoms with Crippen molar-refractivity contribution in [3.8, 4) is 11.1 Å². The van der Waals surface area contributed by atoms with Crippen molar-refractivity contribution in [1.29, 1.82) is 0 Å². The normalized spacial score (nSPS) is 20.6.